The smallest absolute Gasteiger partial charge is 0.326 e. The van der Waals surface area contributed by atoms with E-state index in [1.165, 1.54) is 0 Å². The number of aliphatic imine (C=N–C) groups is 1. The number of thiol groups is 1. The lowest BCUT2D eigenvalue weighted by atomic mass is 10.0. The Kier molecular flexibility index (Phi) is 14.3. The molecule has 0 saturated carbocycles. The first kappa shape index (κ1) is 30.9. The monoisotopic (exact) mass is 505 g/mol. The molecule has 0 fully saturated rings. The molecule has 34 heavy (non-hydrogen) atoms. The molecule has 0 aliphatic carbocycles. The molecule has 0 aliphatic heterocycles. The predicted molar refractivity (Wildman–Crippen MR) is 127 cm³/mol. The summed E-state index contributed by atoms with van der Waals surface area (Å²) in [5.41, 5.74) is 16.2. The zero-order valence-electron chi connectivity index (χ0n) is 19.2. The summed E-state index contributed by atoms with van der Waals surface area (Å²) in [6.45, 7) is 3.44. The van der Waals surface area contributed by atoms with Crippen LogP contribution >= 0.6 is 12.6 Å². The fourth-order valence-electron chi connectivity index (χ4n) is 2.71. The van der Waals surface area contributed by atoms with Gasteiger partial charge in [0, 0.05) is 18.7 Å². The average molecular weight is 506 g/mol. The standard InChI is InChI=1S/C19H35N7O7S/c1-9(2)14(17(31)25-12(18(32)33)5-6-13(27)28)26-16(30)11(4-3-7-23-19(21)22)24-15(29)10(20)8-34/h9-12,14,34H,3-8,20H2,1-2H3,(H,24,29)(H,25,31)(H,26,30)(H,27,28)(H,32,33)(H4,21,22,23). The Morgan fingerprint density at radius 1 is 0.912 bits per heavy atom. The van der Waals surface area contributed by atoms with Crippen LogP contribution in [-0.2, 0) is 24.0 Å². The third kappa shape index (κ3) is 12.2. The first-order chi connectivity index (χ1) is 15.8. The Balaban J connectivity index is 5.45. The molecule has 0 heterocycles. The summed E-state index contributed by atoms with van der Waals surface area (Å²) in [7, 11) is 0. The lowest BCUT2D eigenvalue weighted by Crippen LogP contribution is -2.58. The molecular weight excluding hydrogens is 470 g/mol. The highest BCUT2D eigenvalue weighted by atomic mass is 32.1. The van der Waals surface area contributed by atoms with Gasteiger partial charge in [0.15, 0.2) is 5.96 Å². The molecule has 0 rings (SSSR count). The van der Waals surface area contributed by atoms with Crippen LogP contribution in [0.2, 0.25) is 0 Å². The molecule has 194 valence electrons. The number of carboxylic acid groups (broad SMARTS) is 2. The van der Waals surface area contributed by atoms with E-state index in [9.17, 15) is 29.1 Å². The number of nitrogens with one attached hydrogen (secondary N) is 3. The van der Waals surface area contributed by atoms with E-state index >= 15 is 0 Å². The van der Waals surface area contributed by atoms with Crippen molar-refractivity contribution >= 4 is 48.2 Å². The Bertz CT molecular complexity index is 759. The molecule has 0 radical (unpaired) electrons. The van der Waals surface area contributed by atoms with Gasteiger partial charge >= 0.3 is 11.9 Å². The van der Waals surface area contributed by atoms with Crippen molar-refractivity contribution < 1.29 is 34.2 Å². The fourth-order valence-corrected chi connectivity index (χ4v) is 2.88. The molecule has 11 N–H and O–H groups in total. The zero-order valence-corrected chi connectivity index (χ0v) is 20.1. The SMILES string of the molecule is CC(C)C(NC(=O)C(CCCN=C(N)N)NC(=O)C(N)CS)C(=O)NC(CCC(=O)O)C(=O)O. The first-order valence-corrected chi connectivity index (χ1v) is 11.2. The minimum atomic E-state index is -1.45. The number of carbonyl (C=O) groups is 5. The van der Waals surface area contributed by atoms with Crippen molar-refractivity contribution in [2.45, 2.75) is 63.7 Å². The minimum absolute atomic E-state index is 0.0398. The van der Waals surface area contributed by atoms with E-state index < -0.39 is 66.2 Å². The van der Waals surface area contributed by atoms with Crippen LogP contribution in [-0.4, -0.2) is 82.3 Å². The van der Waals surface area contributed by atoms with E-state index in [0.29, 0.717) is 6.42 Å². The van der Waals surface area contributed by atoms with Gasteiger partial charge < -0.3 is 43.4 Å². The number of nitrogens with zero attached hydrogens (tertiary/aromatic N) is 1. The molecule has 15 heteroatoms. The lowest BCUT2D eigenvalue weighted by Gasteiger charge is -2.27. The van der Waals surface area contributed by atoms with E-state index in [0.717, 1.165) is 0 Å². The van der Waals surface area contributed by atoms with Crippen LogP contribution in [0.4, 0.5) is 0 Å². The normalized spacial score (nSPS) is 14.3. The first-order valence-electron chi connectivity index (χ1n) is 10.6. The van der Waals surface area contributed by atoms with E-state index in [2.05, 4.69) is 33.6 Å². The van der Waals surface area contributed by atoms with Crippen LogP contribution in [0.25, 0.3) is 0 Å². The van der Waals surface area contributed by atoms with Crippen LogP contribution < -0.4 is 33.2 Å². The van der Waals surface area contributed by atoms with Crippen LogP contribution in [0.1, 0.15) is 39.5 Å². The van der Waals surface area contributed by atoms with Crippen LogP contribution in [0.3, 0.4) is 0 Å². The molecule has 4 unspecified atom stereocenters. The second-order valence-corrected chi connectivity index (χ2v) is 8.23. The number of hydrogen-bond acceptors (Lipinski definition) is 8. The molecule has 0 aliphatic rings. The van der Waals surface area contributed by atoms with E-state index in [1.807, 2.05) is 0 Å². The van der Waals surface area contributed by atoms with Crippen molar-refractivity contribution in [2.75, 3.05) is 12.3 Å². The number of nitrogens with two attached hydrogens (primary N) is 3. The number of amides is 3. The molecule has 3 amide bonds. The van der Waals surface area contributed by atoms with Crippen molar-refractivity contribution in [3.05, 3.63) is 0 Å². The summed E-state index contributed by atoms with van der Waals surface area (Å²) >= 11 is 3.95. The van der Waals surface area contributed by atoms with Crippen molar-refractivity contribution in [2.24, 2.45) is 28.1 Å². The predicted octanol–water partition coefficient (Wildman–Crippen LogP) is -2.64. The van der Waals surface area contributed by atoms with Crippen LogP contribution in [0.5, 0.6) is 0 Å². The van der Waals surface area contributed by atoms with Gasteiger partial charge in [-0.15, -0.1) is 0 Å². The van der Waals surface area contributed by atoms with E-state index in [-0.39, 0.29) is 31.1 Å². The van der Waals surface area contributed by atoms with Gasteiger partial charge in [0.2, 0.25) is 17.7 Å². The molecule has 14 nitrogen and oxygen atoms in total. The number of carbonyl (C=O) groups excluding carboxylic acids is 3. The largest absolute Gasteiger partial charge is 0.481 e. The summed E-state index contributed by atoms with van der Waals surface area (Å²) in [5, 5.41) is 25.3. The number of guanidine groups is 1. The molecular formula is C19H35N7O7S. The van der Waals surface area contributed by atoms with Crippen LogP contribution in [0.15, 0.2) is 4.99 Å². The number of hydrogen-bond donors (Lipinski definition) is 9. The molecule has 0 aromatic rings. The van der Waals surface area contributed by atoms with E-state index in [1.54, 1.807) is 13.8 Å². The second-order valence-electron chi connectivity index (χ2n) is 7.86. The number of rotatable bonds is 16. The third-order valence-electron chi connectivity index (χ3n) is 4.62. The summed E-state index contributed by atoms with van der Waals surface area (Å²) in [6, 6.07) is -4.66. The van der Waals surface area contributed by atoms with E-state index in [4.69, 9.17) is 22.3 Å². The van der Waals surface area contributed by atoms with Gasteiger partial charge in [0.1, 0.15) is 18.1 Å². The Hall–Kier alpha value is -3.07. The highest BCUT2D eigenvalue weighted by Gasteiger charge is 2.31. The maximum Gasteiger partial charge on any atom is 0.326 e. The molecule has 0 spiro atoms. The second kappa shape index (κ2) is 15.7. The Morgan fingerprint density at radius 3 is 1.97 bits per heavy atom. The van der Waals surface area contributed by atoms with Gasteiger partial charge in [-0.25, -0.2) is 4.79 Å². The van der Waals surface area contributed by atoms with Gasteiger partial charge in [-0.1, -0.05) is 13.8 Å². The summed E-state index contributed by atoms with van der Waals surface area (Å²) < 4.78 is 0. The van der Waals surface area contributed by atoms with Gasteiger partial charge in [-0.05, 0) is 25.2 Å². The third-order valence-corrected chi connectivity index (χ3v) is 5.01. The van der Waals surface area contributed by atoms with Gasteiger partial charge in [0.05, 0.1) is 6.04 Å². The maximum absolute atomic E-state index is 12.9. The molecule has 4 atom stereocenters. The maximum atomic E-state index is 12.9. The van der Waals surface area contributed by atoms with Crippen molar-refractivity contribution in [1.82, 2.24) is 16.0 Å². The van der Waals surface area contributed by atoms with Crippen molar-refractivity contribution in [3.63, 3.8) is 0 Å². The molecule has 0 aromatic heterocycles. The molecule has 0 aromatic carbocycles. The quantitative estimate of drug-likeness (QED) is 0.0456. The summed E-state index contributed by atoms with van der Waals surface area (Å²) in [6.07, 6.45) is -0.358. The highest BCUT2D eigenvalue weighted by Crippen LogP contribution is 2.07. The fraction of sp³-hybridized carbons (Fsp3) is 0.684. The van der Waals surface area contributed by atoms with Crippen LogP contribution in [0, 0.1) is 5.92 Å². The molecule has 0 bridgehead atoms. The summed E-state index contributed by atoms with van der Waals surface area (Å²) in [4.78, 5) is 63.8. The van der Waals surface area contributed by atoms with Crippen molar-refractivity contribution in [1.29, 1.82) is 0 Å². The van der Waals surface area contributed by atoms with Gasteiger partial charge in [0.25, 0.3) is 0 Å². The Morgan fingerprint density at radius 2 is 1.50 bits per heavy atom. The average Bonchev–Trinajstić information content (AvgIpc) is 2.74. The van der Waals surface area contributed by atoms with Gasteiger partial charge in [-0.2, -0.15) is 12.6 Å². The van der Waals surface area contributed by atoms with Gasteiger partial charge in [-0.3, -0.25) is 24.2 Å². The zero-order chi connectivity index (χ0) is 26.4. The Labute approximate surface area is 202 Å². The number of carboxylic acids is 2. The number of aliphatic carboxylic acids is 2. The highest BCUT2D eigenvalue weighted by molar-refractivity contribution is 7.80. The summed E-state index contributed by atoms with van der Waals surface area (Å²) in [5.74, 6) is -5.30. The lowest BCUT2D eigenvalue weighted by molar-refractivity contribution is -0.143. The molecule has 0 saturated heterocycles. The topological polar surface area (TPSA) is 252 Å². The van der Waals surface area contributed by atoms with Crippen molar-refractivity contribution in [3.8, 4) is 0 Å². The minimum Gasteiger partial charge on any atom is -0.481 e.